The van der Waals surface area contributed by atoms with Crippen molar-refractivity contribution in [3.8, 4) is 0 Å². The predicted molar refractivity (Wildman–Crippen MR) is 106 cm³/mol. The van der Waals surface area contributed by atoms with Gasteiger partial charge < -0.3 is 0 Å². The first-order valence-electron chi connectivity index (χ1n) is 7.65. The quantitative estimate of drug-likeness (QED) is 0.367. The first-order valence-corrected chi connectivity index (χ1v) is 11.3. The van der Waals surface area contributed by atoms with E-state index in [2.05, 4.69) is 36.6 Å². The van der Waals surface area contributed by atoms with Gasteiger partial charge in [-0.05, 0) is 60.1 Å². The van der Waals surface area contributed by atoms with Crippen LogP contribution >= 0.6 is 23.4 Å². The number of sulfone groups is 1. The van der Waals surface area contributed by atoms with Gasteiger partial charge in [0.05, 0.1) is 4.90 Å². The van der Waals surface area contributed by atoms with Crippen LogP contribution in [0.15, 0.2) is 58.3 Å². The molecule has 0 spiro atoms. The van der Waals surface area contributed by atoms with Crippen molar-refractivity contribution in [2.75, 3.05) is 18.4 Å². The Labute approximate surface area is 153 Å². The molecule has 0 saturated carbocycles. The summed E-state index contributed by atoms with van der Waals surface area (Å²) in [5, 5.41) is 0. The summed E-state index contributed by atoms with van der Waals surface area (Å²) in [6.45, 7) is 0. The van der Waals surface area contributed by atoms with Crippen LogP contribution in [0.5, 0.6) is 0 Å². The number of allylic oxidation sites excluding steroid dienone is 1. The lowest BCUT2D eigenvalue weighted by atomic mass is 9.99. The fraction of sp³-hybridized carbons (Fsp3) is 0.263. The molecule has 0 saturated heterocycles. The van der Waals surface area contributed by atoms with Crippen LogP contribution in [0.1, 0.15) is 24.0 Å². The summed E-state index contributed by atoms with van der Waals surface area (Å²) in [5.74, 6) is 0.618. The molecule has 2 aromatic rings. The van der Waals surface area contributed by atoms with Crippen molar-refractivity contribution in [3.63, 3.8) is 0 Å². The van der Waals surface area contributed by atoms with E-state index in [9.17, 15) is 8.42 Å². The molecule has 0 heterocycles. The minimum Gasteiger partial charge on any atom is -0.224 e. The van der Waals surface area contributed by atoms with Gasteiger partial charge in [0, 0.05) is 17.0 Å². The molecular formula is C19H21ClO2S2. The monoisotopic (exact) mass is 380 g/mol. The van der Waals surface area contributed by atoms with Gasteiger partial charge in [0.2, 0.25) is 0 Å². The summed E-state index contributed by atoms with van der Waals surface area (Å²) in [6, 6.07) is 15.4. The number of benzene rings is 2. The minimum atomic E-state index is -3.16. The van der Waals surface area contributed by atoms with Gasteiger partial charge in [0.15, 0.2) is 9.84 Å². The van der Waals surface area contributed by atoms with Gasteiger partial charge >= 0.3 is 0 Å². The van der Waals surface area contributed by atoms with Crippen LogP contribution in [0.25, 0.3) is 11.6 Å². The summed E-state index contributed by atoms with van der Waals surface area (Å²) in [5.41, 5.74) is 3.36. The third-order valence-electron chi connectivity index (χ3n) is 3.69. The molecule has 2 rings (SSSR count). The Balaban J connectivity index is 2.33. The normalized spacial score (nSPS) is 12.4. The maximum Gasteiger partial charge on any atom is 0.175 e. The van der Waals surface area contributed by atoms with Crippen LogP contribution in [0.3, 0.4) is 0 Å². The molecule has 0 aliphatic carbocycles. The molecule has 0 bridgehead atoms. The zero-order valence-electron chi connectivity index (χ0n) is 13.8. The molecule has 0 aliphatic heterocycles. The van der Waals surface area contributed by atoms with Gasteiger partial charge in [0.1, 0.15) is 0 Å². The predicted octanol–water partition coefficient (Wildman–Crippen LogP) is 5.37. The van der Waals surface area contributed by atoms with Crippen LogP contribution in [0.2, 0.25) is 0 Å². The molecule has 0 N–H and O–H groups in total. The first kappa shape index (κ1) is 19.1. The zero-order valence-corrected chi connectivity index (χ0v) is 16.2. The lowest BCUT2D eigenvalue weighted by molar-refractivity contribution is 0.602. The van der Waals surface area contributed by atoms with E-state index in [0.717, 1.165) is 18.4 Å². The second-order valence-corrected chi connectivity index (χ2v) is 8.81. The molecule has 0 fully saturated rings. The average Bonchev–Trinajstić information content (AvgIpc) is 2.58. The maximum atomic E-state index is 11.6. The van der Waals surface area contributed by atoms with Crippen LogP contribution in [0.4, 0.5) is 0 Å². The highest BCUT2D eigenvalue weighted by atomic mass is 35.5. The Morgan fingerprint density at radius 2 is 1.71 bits per heavy atom. The van der Waals surface area contributed by atoms with Gasteiger partial charge in [-0.2, -0.15) is 0 Å². The molecule has 24 heavy (non-hydrogen) atoms. The second-order valence-electron chi connectivity index (χ2n) is 5.53. The Bertz CT molecular complexity index is 792. The molecule has 0 aromatic heterocycles. The van der Waals surface area contributed by atoms with Crippen molar-refractivity contribution in [3.05, 3.63) is 59.7 Å². The van der Waals surface area contributed by atoms with E-state index in [-0.39, 0.29) is 0 Å². The molecule has 0 radical (unpaired) electrons. The first-order chi connectivity index (χ1) is 11.4. The number of thioether (sulfide) groups is 1. The molecule has 0 unspecified atom stereocenters. The lowest BCUT2D eigenvalue weighted by Gasteiger charge is -2.09. The lowest BCUT2D eigenvalue weighted by Crippen LogP contribution is -1.96. The van der Waals surface area contributed by atoms with E-state index in [4.69, 9.17) is 11.6 Å². The summed E-state index contributed by atoms with van der Waals surface area (Å²) in [7, 11) is -3.16. The van der Waals surface area contributed by atoms with Gasteiger partial charge in [-0.3, -0.25) is 0 Å². The summed E-state index contributed by atoms with van der Waals surface area (Å²) < 4.78 is 23.1. The van der Waals surface area contributed by atoms with Gasteiger partial charge in [-0.1, -0.05) is 30.3 Å². The van der Waals surface area contributed by atoms with Crippen molar-refractivity contribution >= 4 is 44.8 Å². The van der Waals surface area contributed by atoms with Crippen molar-refractivity contribution in [1.82, 2.24) is 0 Å². The van der Waals surface area contributed by atoms with E-state index in [1.807, 2.05) is 12.1 Å². The number of hydrogen-bond donors (Lipinski definition) is 0. The Morgan fingerprint density at radius 3 is 2.21 bits per heavy atom. The number of hydrogen-bond acceptors (Lipinski definition) is 3. The fourth-order valence-corrected chi connectivity index (χ4v) is 3.55. The smallest absolute Gasteiger partial charge is 0.175 e. The van der Waals surface area contributed by atoms with E-state index in [0.29, 0.717) is 10.8 Å². The minimum absolute atomic E-state index is 0.339. The molecule has 0 aliphatic rings. The molecule has 5 heteroatoms. The summed E-state index contributed by atoms with van der Waals surface area (Å²) in [6.07, 6.45) is 7.17. The van der Waals surface area contributed by atoms with Crippen LogP contribution in [-0.4, -0.2) is 26.8 Å². The van der Waals surface area contributed by atoms with Crippen molar-refractivity contribution in [2.24, 2.45) is 0 Å². The van der Waals surface area contributed by atoms with Crippen molar-refractivity contribution in [1.29, 1.82) is 0 Å². The van der Waals surface area contributed by atoms with Crippen LogP contribution < -0.4 is 0 Å². The molecule has 128 valence electrons. The van der Waals surface area contributed by atoms with Gasteiger partial charge in [-0.15, -0.1) is 23.4 Å². The zero-order chi connectivity index (χ0) is 17.6. The van der Waals surface area contributed by atoms with E-state index in [1.165, 1.54) is 22.3 Å². The SMILES string of the molecule is CSc1ccc(/C(=C\c2ccc(S(C)(=O)=O)cc2)CCCCl)cc1. The highest BCUT2D eigenvalue weighted by Crippen LogP contribution is 2.26. The van der Waals surface area contributed by atoms with Crippen molar-refractivity contribution < 1.29 is 8.42 Å². The molecule has 0 atom stereocenters. The van der Waals surface area contributed by atoms with E-state index < -0.39 is 9.84 Å². The highest BCUT2D eigenvalue weighted by Gasteiger charge is 2.07. The second kappa shape index (κ2) is 8.75. The highest BCUT2D eigenvalue weighted by molar-refractivity contribution is 7.98. The Hall–Kier alpha value is -1.23. The van der Waals surface area contributed by atoms with Crippen molar-refractivity contribution in [2.45, 2.75) is 22.6 Å². The average molecular weight is 381 g/mol. The summed E-state index contributed by atoms with van der Waals surface area (Å²) >= 11 is 7.57. The van der Waals surface area contributed by atoms with E-state index in [1.54, 1.807) is 23.9 Å². The van der Waals surface area contributed by atoms with Gasteiger partial charge in [0.25, 0.3) is 0 Å². The number of halogens is 1. The maximum absolute atomic E-state index is 11.6. The van der Waals surface area contributed by atoms with E-state index >= 15 is 0 Å². The topological polar surface area (TPSA) is 34.1 Å². The molecule has 2 aromatic carbocycles. The molecule has 0 amide bonds. The van der Waals surface area contributed by atoms with Gasteiger partial charge in [-0.25, -0.2) is 8.42 Å². The number of rotatable bonds is 7. The Kier molecular flexibility index (Phi) is 6.96. The third-order valence-corrected chi connectivity index (χ3v) is 5.83. The largest absolute Gasteiger partial charge is 0.224 e. The summed E-state index contributed by atoms with van der Waals surface area (Å²) in [4.78, 5) is 1.57. The molecular weight excluding hydrogens is 360 g/mol. The third kappa shape index (κ3) is 5.40. The Morgan fingerprint density at radius 1 is 1.08 bits per heavy atom. The van der Waals surface area contributed by atoms with Crippen LogP contribution in [0, 0.1) is 0 Å². The standard InChI is InChI=1S/C19H21ClO2S2/c1-23-18-9-7-16(8-10-18)17(4-3-13-20)14-15-5-11-19(12-6-15)24(2,21)22/h5-12,14H,3-4,13H2,1-2H3/b17-14-. The fourth-order valence-electron chi connectivity index (χ4n) is 2.37. The molecule has 2 nitrogen and oxygen atoms in total. The number of alkyl halides is 1. The van der Waals surface area contributed by atoms with Crippen LogP contribution in [-0.2, 0) is 9.84 Å².